The number of ether oxygens (including phenoxy) is 1. The van der Waals surface area contributed by atoms with Gasteiger partial charge in [0.1, 0.15) is 11.5 Å². The van der Waals surface area contributed by atoms with Crippen molar-refractivity contribution in [3.8, 4) is 11.4 Å². The van der Waals surface area contributed by atoms with Crippen molar-refractivity contribution in [1.29, 1.82) is 0 Å². The van der Waals surface area contributed by atoms with E-state index in [2.05, 4.69) is 5.16 Å². The average Bonchev–Trinajstić information content (AvgIpc) is 3.28. The van der Waals surface area contributed by atoms with E-state index in [1.54, 1.807) is 41.8 Å². The van der Waals surface area contributed by atoms with Crippen LogP contribution >= 0.6 is 0 Å². The number of carbonyl (C=O) groups is 1. The highest BCUT2D eigenvalue weighted by Crippen LogP contribution is 2.38. The Kier molecular flexibility index (Phi) is 5.67. The first kappa shape index (κ1) is 25.0. The number of nitrogens with zero attached hydrogens (tertiary/aromatic N) is 3. The van der Waals surface area contributed by atoms with Crippen LogP contribution in [0.3, 0.4) is 0 Å². The summed E-state index contributed by atoms with van der Waals surface area (Å²) in [5.74, 6) is -0.786. The molecule has 0 amide bonds. The molecule has 39 heavy (non-hydrogen) atoms. The second kappa shape index (κ2) is 8.85. The zero-order valence-electron chi connectivity index (χ0n) is 21.0. The third-order valence-electron chi connectivity index (χ3n) is 7.21. The third kappa shape index (κ3) is 3.93. The van der Waals surface area contributed by atoms with Gasteiger partial charge in [-0.25, -0.2) is 9.78 Å². The van der Waals surface area contributed by atoms with Gasteiger partial charge in [0.25, 0.3) is 5.56 Å². The molecule has 0 aliphatic carbocycles. The largest absolute Gasteiger partial charge is 0.458 e. The molecule has 198 valence electrons. The number of fused-ring (bicyclic) bond motifs is 5. The number of hydrogen-bond acceptors (Lipinski definition) is 9. The molecule has 0 bridgehead atoms. The van der Waals surface area contributed by atoms with Gasteiger partial charge in [0, 0.05) is 22.1 Å². The predicted octanol–water partition coefficient (Wildman–Crippen LogP) is 3.13. The van der Waals surface area contributed by atoms with Crippen molar-refractivity contribution in [2.45, 2.75) is 43.9 Å². The molecule has 1 N–H and O–H groups in total. The maximum absolute atomic E-state index is 13.4. The lowest BCUT2D eigenvalue weighted by Gasteiger charge is -2.31. The minimum absolute atomic E-state index is 0.0135. The van der Waals surface area contributed by atoms with E-state index >= 15 is 0 Å². The van der Waals surface area contributed by atoms with Crippen molar-refractivity contribution < 1.29 is 27.3 Å². The van der Waals surface area contributed by atoms with Crippen LogP contribution in [0.2, 0.25) is 0 Å². The van der Waals surface area contributed by atoms with Crippen LogP contribution in [0.1, 0.15) is 41.2 Å². The normalized spacial score (nSPS) is 18.1. The van der Waals surface area contributed by atoms with Crippen LogP contribution in [0.5, 0.6) is 0 Å². The lowest BCUT2D eigenvalue weighted by atomic mass is 9.86. The van der Waals surface area contributed by atoms with Crippen LogP contribution in [-0.4, -0.2) is 35.3 Å². The number of oxime groups is 1. The summed E-state index contributed by atoms with van der Waals surface area (Å²) in [6.07, 6.45) is 1.32. The van der Waals surface area contributed by atoms with Gasteiger partial charge in [-0.2, -0.15) is 8.42 Å². The molecule has 0 radical (unpaired) electrons. The summed E-state index contributed by atoms with van der Waals surface area (Å²) in [5.41, 5.74) is 1.94. The minimum atomic E-state index is -4.10. The number of aromatic nitrogens is 2. The first-order valence-corrected chi connectivity index (χ1v) is 13.7. The van der Waals surface area contributed by atoms with E-state index in [1.165, 1.54) is 18.3 Å². The molecule has 10 nitrogen and oxygen atoms in total. The predicted molar refractivity (Wildman–Crippen MR) is 142 cm³/mol. The molecule has 4 heterocycles. The fourth-order valence-electron chi connectivity index (χ4n) is 5.02. The van der Waals surface area contributed by atoms with Gasteiger partial charge in [-0.1, -0.05) is 48.0 Å². The van der Waals surface area contributed by atoms with Gasteiger partial charge in [0.15, 0.2) is 5.60 Å². The number of pyridine rings is 2. The lowest BCUT2D eigenvalue weighted by Crippen LogP contribution is -2.44. The second-order valence-electron chi connectivity index (χ2n) is 9.59. The zero-order chi connectivity index (χ0) is 27.5. The summed E-state index contributed by atoms with van der Waals surface area (Å²) in [6.45, 7) is 3.57. The Bertz CT molecular complexity index is 1880. The molecule has 0 saturated carbocycles. The molecule has 4 aromatic rings. The SMILES string of the molecule is CC[C@@]1(O)C(=O)OCc2c1cc1n(c2=O)Cc2cc3cccc(/C=N/OS(=O)(=O)c4ccc(C)cc4)c3nc2-1. The number of aryl methyl sites for hydroxylation is 1. The average molecular weight is 546 g/mol. The van der Waals surface area contributed by atoms with Crippen molar-refractivity contribution in [3.05, 3.63) is 92.8 Å². The fraction of sp³-hybridized carbons (Fsp3) is 0.214. The van der Waals surface area contributed by atoms with Crippen LogP contribution in [-0.2, 0) is 42.7 Å². The van der Waals surface area contributed by atoms with Gasteiger partial charge in [-0.3, -0.25) is 9.08 Å². The molecule has 2 aliphatic rings. The molecule has 2 aliphatic heterocycles. The molecule has 1 atom stereocenters. The number of carbonyl (C=O) groups excluding carboxylic acids is 1. The van der Waals surface area contributed by atoms with E-state index < -0.39 is 21.7 Å². The van der Waals surface area contributed by atoms with Crippen molar-refractivity contribution in [3.63, 3.8) is 0 Å². The zero-order valence-corrected chi connectivity index (χ0v) is 21.9. The van der Waals surface area contributed by atoms with Crippen molar-refractivity contribution in [2.75, 3.05) is 0 Å². The summed E-state index contributed by atoms with van der Waals surface area (Å²) in [5, 5.41) is 15.5. The van der Waals surface area contributed by atoms with Gasteiger partial charge < -0.3 is 14.4 Å². The molecule has 11 heteroatoms. The van der Waals surface area contributed by atoms with Gasteiger partial charge in [-0.05, 0) is 37.6 Å². The van der Waals surface area contributed by atoms with E-state index in [0.29, 0.717) is 22.5 Å². The van der Waals surface area contributed by atoms with E-state index in [9.17, 15) is 23.1 Å². The van der Waals surface area contributed by atoms with Crippen LogP contribution < -0.4 is 5.56 Å². The van der Waals surface area contributed by atoms with Gasteiger partial charge in [0.05, 0.1) is 35.2 Å². The molecule has 2 aromatic carbocycles. The van der Waals surface area contributed by atoms with E-state index in [0.717, 1.165) is 16.5 Å². The summed E-state index contributed by atoms with van der Waals surface area (Å²) >= 11 is 0. The van der Waals surface area contributed by atoms with Crippen LogP contribution in [0.15, 0.2) is 69.4 Å². The number of hydrogen-bond donors (Lipinski definition) is 1. The standard InChI is InChI=1S/C28H23N3O7S/c1-3-28(34)22-12-23-25-19(14-31(23)26(32)21(22)15-37-27(28)33)11-17-5-4-6-18(24(17)30-25)13-29-38-39(35,36)20-9-7-16(2)8-10-20/h4-13,34H,3,14-15H2,1-2H3/b29-13+/t28-/m0/s1. The van der Waals surface area contributed by atoms with Crippen LogP contribution in [0, 0.1) is 6.92 Å². The van der Waals surface area contributed by atoms with Crippen LogP contribution in [0.25, 0.3) is 22.3 Å². The highest BCUT2D eigenvalue weighted by Gasteiger charge is 2.45. The maximum Gasteiger partial charge on any atom is 0.358 e. The monoisotopic (exact) mass is 545 g/mol. The van der Waals surface area contributed by atoms with Crippen molar-refractivity contribution >= 4 is 33.2 Å². The van der Waals surface area contributed by atoms with Gasteiger partial charge >= 0.3 is 16.1 Å². The number of rotatable bonds is 5. The van der Waals surface area contributed by atoms with E-state index in [-0.39, 0.29) is 41.2 Å². The lowest BCUT2D eigenvalue weighted by molar-refractivity contribution is -0.172. The number of esters is 1. The molecule has 6 rings (SSSR count). The second-order valence-corrected chi connectivity index (χ2v) is 11.1. The molecular weight excluding hydrogens is 522 g/mol. The Labute approximate surface area is 223 Å². The molecule has 2 aromatic heterocycles. The topological polar surface area (TPSA) is 137 Å². The number of cyclic esters (lactones) is 1. The quantitative estimate of drug-likeness (QED) is 0.202. The van der Waals surface area contributed by atoms with Gasteiger partial charge in [-0.15, -0.1) is 0 Å². The minimum Gasteiger partial charge on any atom is -0.458 e. The molecular formula is C28H23N3O7S. The van der Waals surface area contributed by atoms with Crippen molar-refractivity contribution in [1.82, 2.24) is 9.55 Å². The maximum atomic E-state index is 13.4. The van der Waals surface area contributed by atoms with E-state index in [4.69, 9.17) is 14.0 Å². The summed E-state index contributed by atoms with van der Waals surface area (Å²) in [7, 11) is -4.10. The Morgan fingerprint density at radius 2 is 1.95 bits per heavy atom. The number of aliphatic hydroxyl groups is 1. The number of para-hydroxylation sites is 1. The first-order valence-electron chi connectivity index (χ1n) is 12.3. The smallest absolute Gasteiger partial charge is 0.358 e. The summed E-state index contributed by atoms with van der Waals surface area (Å²) < 4.78 is 36.5. The Balaban J connectivity index is 1.41. The van der Waals surface area contributed by atoms with Crippen molar-refractivity contribution in [2.24, 2.45) is 5.16 Å². The Hall–Kier alpha value is -4.35. The third-order valence-corrected chi connectivity index (χ3v) is 8.34. The molecule has 0 spiro atoms. The summed E-state index contributed by atoms with van der Waals surface area (Å²) in [6, 6.07) is 15.1. The Morgan fingerprint density at radius 3 is 2.69 bits per heavy atom. The molecule has 0 unspecified atom stereocenters. The highest BCUT2D eigenvalue weighted by molar-refractivity contribution is 7.86. The molecule has 0 fully saturated rings. The fourth-order valence-corrected chi connectivity index (χ4v) is 5.73. The van der Waals surface area contributed by atoms with Crippen LogP contribution in [0.4, 0.5) is 0 Å². The highest BCUT2D eigenvalue weighted by atomic mass is 32.2. The molecule has 0 saturated heterocycles. The summed E-state index contributed by atoms with van der Waals surface area (Å²) in [4.78, 5) is 30.5. The Morgan fingerprint density at radius 1 is 1.18 bits per heavy atom. The number of benzene rings is 2. The first-order chi connectivity index (χ1) is 18.6. The van der Waals surface area contributed by atoms with Gasteiger partial charge in [0.2, 0.25) is 0 Å². The van der Waals surface area contributed by atoms with E-state index in [1.807, 2.05) is 19.1 Å².